The number of aliphatic hydroxyl groups excluding tert-OH is 1. The second-order valence-electron chi connectivity index (χ2n) is 3.90. The molecule has 0 spiro atoms. The van der Waals surface area contributed by atoms with E-state index in [1.165, 1.54) is 0 Å². The minimum atomic E-state index is -0.896. The Balaban J connectivity index is 3.17. The van der Waals surface area contributed by atoms with Gasteiger partial charge in [-0.1, -0.05) is 27.5 Å². The SMILES string of the molecule is CC(C)(C#N)C(O)c1cc(Br)ccc1Cl. The third-order valence-electron chi connectivity index (χ3n) is 2.22. The molecule has 0 heterocycles. The van der Waals surface area contributed by atoms with E-state index in [-0.39, 0.29) is 0 Å². The molecule has 0 saturated carbocycles. The molecular formula is C11H11BrClNO. The van der Waals surface area contributed by atoms with Crippen LogP contribution in [0.5, 0.6) is 0 Å². The summed E-state index contributed by atoms with van der Waals surface area (Å²) in [4.78, 5) is 0. The van der Waals surface area contributed by atoms with E-state index in [1.807, 2.05) is 0 Å². The largest absolute Gasteiger partial charge is 0.387 e. The van der Waals surface area contributed by atoms with E-state index in [2.05, 4.69) is 22.0 Å². The number of benzene rings is 1. The van der Waals surface area contributed by atoms with Crippen LogP contribution in [0, 0.1) is 16.7 Å². The highest BCUT2D eigenvalue weighted by Crippen LogP contribution is 2.37. The van der Waals surface area contributed by atoms with Crippen LogP contribution in [-0.2, 0) is 0 Å². The Bertz CT molecular complexity index is 412. The van der Waals surface area contributed by atoms with Gasteiger partial charge < -0.3 is 5.11 Å². The lowest BCUT2D eigenvalue weighted by Crippen LogP contribution is -2.20. The van der Waals surface area contributed by atoms with Crippen LogP contribution < -0.4 is 0 Å². The van der Waals surface area contributed by atoms with E-state index in [0.29, 0.717) is 10.6 Å². The summed E-state index contributed by atoms with van der Waals surface area (Å²) in [5.74, 6) is 0. The van der Waals surface area contributed by atoms with Crippen LogP contribution in [0.4, 0.5) is 0 Å². The van der Waals surface area contributed by atoms with Crippen LogP contribution in [-0.4, -0.2) is 5.11 Å². The van der Waals surface area contributed by atoms with Gasteiger partial charge in [-0.05, 0) is 32.0 Å². The van der Waals surface area contributed by atoms with Gasteiger partial charge in [0.2, 0.25) is 0 Å². The predicted octanol–water partition coefficient (Wildman–Crippen LogP) is 3.69. The molecule has 15 heavy (non-hydrogen) atoms. The van der Waals surface area contributed by atoms with E-state index in [0.717, 1.165) is 4.47 Å². The highest BCUT2D eigenvalue weighted by atomic mass is 79.9. The van der Waals surface area contributed by atoms with Crippen molar-refractivity contribution in [2.24, 2.45) is 5.41 Å². The summed E-state index contributed by atoms with van der Waals surface area (Å²) in [7, 11) is 0. The number of halogens is 2. The van der Waals surface area contributed by atoms with Crippen molar-refractivity contribution in [3.05, 3.63) is 33.3 Å². The number of aliphatic hydroxyl groups is 1. The van der Waals surface area contributed by atoms with Crippen LogP contribution in [0.2, 0.25) is 5.02 Å². The quantitative estimate of drug-likeness (QED) is 0.902. The normalized spacial score (nSPS) is 13.3. The monoisotopic (exact) mass is 287 g/mol. The molecule has 4 heteroatoms. The molecule has 0 radical (unpaired) electrons. The van der Waals surface area contributed by atoms with Crippen LogP contribution in [0.15, 0.2) is 22.7 Å². The molecule has 0 aliphatic carbocycles. The van der Waals surface area contributed by atoms with Gasteiger partial charge in [0.1, 0.15) is 0 Å². The van der Waals surface area contributed by atoms with Gasteiger partial charge in [-0.2, -0.15) is 5.26 Å². The van der Waals surface area contributed by atoms with E-state index in [4.69, 9.17) is 16.9 Å². The second kappa shape index (κ2) is 4.52. The molecule has 0 bridgehead atoms. The highest BCUT2D eigenvalue weighted by Gasteiger charge is 2.30. The van der Waals surface area contributed by atoms with Gasteiger partial charge in [-0.15, -0.1) is 0 Å². The summed E-state index contributed by atoms with van der Waals surface area (Å²) in [6.45, 7) is 3.35. The molecule has 0 aliphatic heterocycles. The Kier molecular flexibility index (Phi) is 3.77. The zero-order valence-electron chi connectivity index (χ0n) is 8.46. The Hall–Kier alpha value is -0.560. The number of nitrogens with zero attached hydrogens (tertiary/aromatic N) is 1. The molecule has 1 aromatic carbocycles. The average molecular weight is 289 g/mol. The van der Waals surface area contributed by atoms with Crippen molar-refractivity contribution in [3.63, 3.8) is 0 Å². The first-order valence-corrected chi connectivity index (χ1v) is 5.60. The highest BCUT2D eigenvalue weighted by molar-refractivity contribution is 9.10. The smallest absolute Gasteiger partial charge is 0.0985 e. The molecule has 0 amide bonds. The lowest BCUT2D eigenvalue weighted by Gasteiger charge is -2.24. The standard InChI is InChI=1S/C11H11BrClNO/c1-11(2,6-14)10(15)8-5-7(12)3-4-9(8)13/h3-5,10,15H,1-2H3. The molecule has 0 aromatic heterocycles. The third kappa shape index (κ3) is 2.72. The van der Waals surface area contributed by atoms with E-state index in [1.54, 1.807) is 32.0 Å². The zero-order valence-corrected chi connectivity index (χ0v) is 10.8. The van der Waals surface area contributed by atoms with Gasteiger partial charge >= 0.3 is 0 Å². The first-order valence-electron chi connectivity index (χ1n) is 4.43. The minimum absolute atomic E-state index is 0.467. The van der Waals surface area contributed by atoms with Gasteiger partial charge in [0, 0.05) is 15.1 Å². The van der Waals surface area contributed by atoms with Gasteiger partial charge in [-0.25, -0.2) is 0 Å². The molecular weight excluding hydrogens is 277 g/mol. The van der Waals surface area contributed by atoms with Crippen molar-refractivity contribution in [1.29, 1.82) is 5.26 Å². The van der Waals surface area contributed by atoms with Gasteiger partial charge in [0.15, 0.2) is 0 Å². The number of hydrogen-bond donors (Lipinski definition) is 1. The van der Waals surface area contributed by atoms with Gasteiger partial charge in [0.25, 0.3) is 0 Å². The van der Waals surface area contributed by atoms with Crippen molar-refractivity contribution < 1.29 is 5.11 Å². The van der Waals surface area contributed by atoms with Crippen molar-refractivity contribution >= 4 is 27.5 Å². The molecule has 80 valence electrons. The molecule has 1 rings (SSSR count). The first kappa shape index (κ1) is 12.5. The summed E-state index contributed by atoms with van der Waals surface area (Å²) in [6, 6.07) is 7.27. The van der Waals surface area contributed by atoms with Crippen molar-refractivity contribution in [1.82, 2.24) is 0 Å². The van der Waals surface area contributed by atoms with Crippen LogP contribution in [0.3, 0.4) is 0 Å². The fraction of sp³-hybridized carbons (Fsp3) is 0.364. The van der Waals surface area contributed by atoms with E-state index >= 15 is 0 Å². The lowest BCUT2D eigenvalue weighted by molar-refractivity contribution is 0.0868. The maximum absolute atomic E-state index is 10.0. The number of nitriles is 1. The average Bonchev–Trinajstić information content (AvgIpc) is 2.20. The summed E-state index contributed by atoms with van der Waals surface area (Å²) in [6.07, 6.45) is -0.896. The molecule has 1 aromatic rings. The van der Waals surface area contributed by atoms with Gasteiger partial charge in [-0.3, -0.25) is 0 Å². The third-order valence-corrected chi connectivity index (χ3v) is 3.06. The lowest BCUT2D eigenvalue weighted by atomic mass is 9.84. The fourth-order valence-electron chi connectivity index (χ4n) is 1.17. The number of rotatable bonds is 2. The summed E-state index contributed by atoms with van der Waals surface area (Å²) >= 11 is 9.26. The van der Waals surface area contributed by atoms with E-state index < -0.39 is 11.5 Å². The Labute approximate surface area is 103 Å². The molecule has 0 aliphatic rings. The zero-order chi connectivity index (χ0) is 11.6. The van der Waals surface area contributed by atoms with Crippen molar-refractivity contribution in [3.8, 4) is 6.07 Å². The Morgan fingerprint density at radius 3 is 2.67 bits per heavy atom. The summed E-state index contributed by atoms with van der Waals surface area (Å²) in [5.41, 5.74) is -0.289. The minimum Gasteiger partial charge on any atom is -0.387 e. The van der Waals surface area contributed by atoms with Crippen molar-refractivity contribution in [2.45, 2.75) is 20.0 Å². The maximum atomic E-state index is 10.0. The number of hydrogen-bond acceptors (Lipinski definition) is 2. The Morgan fingerprint density at radius 1 is 1.53 bits per heavy atom. The summed E-state index contributed by atoms with van der Waals surface area (Å²) < 4.78 is 0.828. The molecule has 0 saturated heterocycles. The molecule has 0 fully saturated rings. The second-order valence-corrected chi connectivity index (χ2v) is 5.22. The van der Waals surface area contributed by atoms with Crippen LogP contribution in [0.25, 0.3) is 0 Å². The Morgan fingerprint density at radius 2 is 2.13 bits per heavy atom. The molecule has 2 nitrogen and oxygen atoms in total. The van der Waals surface area contributed by atoms with Crippen molar-refractivity contribution in [2.75, 3.05) is 0 Å². The summed E-state index contributed by atoms with van der Waals surface area (Å²) in [5, 5.41) is 19.4. The van der Waals surface area contributed by atoms with Gasteiger partial charge in [0.05, 0.1) is 17.6 Å². The molecule has 1 N–H and O–H groups in total. The fourth-order valence-corrected chi connectivity index (χ4v) is 1.77. The molecule has 1 unspecified atom stereocenters. The predicted molar refractivity (Wildman–Crippen MR) is 63.5 cm³/mol. The topological polar surface area (TPSA) is 44.0 Å². The maximum Gasteiger partial charge on any atom is 0.0985 e. The first-order chi connectivity index (χ1) is 6.88. The molecule has 1 atom stereocenters. The van der Waals surface area contributed by atoms with Crippen LogP contribution in [0.1, 0.15) is 25.5 Å². The van der Waals surface area contributed by atoms with E-state index in [9.17, 15) is 5.11 Å². The van der Waals surface area contributed by atoms with Crippen LogP contribution >= 0.6 is 27.5 Å².